The highest BCUT2D eigenvalue weighted by molar-refractivity contribution is 6.03. The monoisotopic (exact) mass is 1150 g/mol. The molecule has 0 spiro atoms. The third kappa shape index (κ3) is 14.1. The van der Waals surface area contributed by atoms with Crippen LogP contribution in [0.2, 0.25) is 0 Å². The molecule has 18 heteroatoms. The third-order valence-corrected chi connectivity index (χ3v) is 18.4. The number of benzene rings is 2. The number of hydrogen-bond donors (Lipinski definition) is 3. The molecular weight excluding hydrogens is 1060 g/mol. The number of carbonyl (C=O) groups is 4. The van der Waals surface area contributed by atoms with Crippen LogP contribution in [0.15, 0.2) is 94.2 Å². The highest BCUT2D eigenvalue weighted by Gasteiger charge is 2.51. The summed E-state index contributed by atoms with van der Waals surface area (Å²) in [5.41, 5.74) is 7.55. The van der Waals surface area contributed by atoms with Crippen molar-refractivity contribution in [3.05, 3.63) is 122 Å². The van der Waals surface area contributed by atoms with Gasteiger partial charge in [0, 0.05) is 99.6 Å². The van der Waals surface area contributed by atoms with Gasteiger partial charge in [-0.25, -0.2) is 9.78 Å². The Hall–Kier alpha value is -6.92. The number of anilines is 1. The average molecular weight is 1150 g/mol. The molecule has 84 heavy (non-hydrogen) atoms. The largest absolute Gasteiger partial charge is 0.377 e. The van der Waals surface area contributed by atoms with E-state index >= 15 is 0 Å². The van der Waals surface area contributed by atoms with Crippen molar-refractivity contribution in [2.45, 2.75) is 161 Å². The van der Waals surface area contributed by atoms with Gasteiger partial charge in [0.2, 0.25) is 29.3 Å². The second kappa shape index (κ2) is 27.9. The quantitative estimate of drug-likeness (QED) is 0.0260. The maximum absolute atomic E-state index is 13.4. The number of carbonyl (C=O) groups excluding carboxylic acids is 4. The number of amides is 4. The lowest BCUT2D eigenvalue weighted by Gasteiger charge is -2.53. The minimum atomic E-state index is -0.303. The van der Waals surface area contributed by atoms with Crippen LogP contribution in [0.4, 0.5) is 11.4 Å². The first-order valence-corrected chi connectivity index (χ1v) is 30.8. The van der Waals surface area contributed by atoms with E-state index in [2.05, 4.69) is 139 Å². The molecule has 4 aromatic rings. The molecule has 3 N–H and O–H groups in total. The highest BCUT2D eigenvalue weighted by Crippen LogP contribution is 2.59. The number of H-pyrrole nitrogens is 1. The first kappa shape index (κ1) is 63.1. The molecule has 0 atom stereocenters. The Morgan fingerprint density at radius 1 is 0.702 bits per heavy atom. The van der Waals surface area contributed by atoms with Gasteiger partial charge >= 0.3 is 5.69 Å². The van der Waals surface area contributed by atoms with Crippen LogP contribution >= 0.6 is 0 Å². The molecule has 0 radical (unpaired) electrons. The van der Waals surface area contributed by atoms with Crippen LogP contribution in [0.5, 0.6) is 0 Å². The Morgan fingerprint density at radius 3 is 1.93 bits per heavy atom. The van der Waals surface area contributed by atoms with Crippen molar-refractivity contribution < 1.29 is 33.2 Å². The predicted octanol–water partition coefficient (Wildman–Crippen LogP) is 8.32. The minimum absolute atomic E-state index is 0.0260. The molecule has 4 heterocycles. The molecule has 0 unspecified atom stereocenters. The van der Waals surface area contributed by atoms with E-state index in [1.54, 1.807) is 18.7 Å². The van der Waals surface area contributed by atoms with Crippen LogP contribution in [0.1, 0.15) is 148 Å². The van der Waals surface area contributed by atoms with Gasteiger partial charge in [-0.05, 0) is 108 Å². The number of para-hydroxylation sites is 2. The number of ether oxygens (including phenoxy) is 2. The Kier molecular flexibility index (Phi) is 20.9. The molecule has 0 saturated heterocycles. The van der Waals surface area contributed by atoms with Crippen LogP contribution in [0, 0.1) is 5.41 Å². The van der Waals surface area contributed by atoms with Gasteiger partial charge in [0.25, 0.3) is 5.56 Å². The van der Waals surface area contributed by atoms with Crippen molar-refractivity contribution in [3.8, 4) is 0 Å². The van der Waals surface area contributed by atoms with Crippen LogP contribution in [-0.2, 0) is 58.0 Å². The molecule has 2 aromatic carbocycles. The zero-order chi connectivity index (χ0) is 60.2. The predicted molar refractivity (Wildman–Crippen MR) is 331 cm³/mol. The molecule has 3 saturated carbocycles. The van der Waals surface area contributed by atoms with E-state index in [4.69, 9.17) is 14.5 Å². The van der Waals surface area contributed by atoms with E-state index in [9.17, 15) is 28.8 Å². The normalized spacial score (nSPS) is 19.9. The number of allylic oxidation sites excluding steroid dienone is 6. The fraction of sp³-hybridized carbons (Fsp3) is 0.576. The number of fused-ring (bicyclic) bond motifs is 6. The summed E-state index contributed by atoms with van der Waals surface area (Å²) in [6, 6.07) is 17.2. The number of likely N-dealkylation sites (N-methyl/N-ethyl adjacent to an activating group) is 2. The van der Waals surface area contributed by atoms with Gasteiger partial charge < -0.3 is 39.8 Å². The third-order valence-electron chi connectivity index (χ3n) is 18.4. The fourth-order valence-electron chi connectivity index (χ4n) is 13.3. The maximum Gasteiger partial charge on any atom is 0.332 e. The van der Waals surface area contributed by atoms with Crippen LogP contribution in [0.3, 0.4) is 0 Å². The number of unbranched alkanes of at least 4 members (excludes halogenated alkanes) is 2. The lowest BCUT2D eigenvalue weighted by molar-refractivity contribution is -0.401. The summed E-state index contributed by atoms with van der Waals surface area (Å²) in [6.45, 7) is 16.5. The summed E-state index contributed by atoms with van der Waals surface area (Å²) in [7, 11) is 5.46. The SMILES string of the molecule is CCCn1c(=O)c2[nH]c(C34CCC(CCC(=O)N(C)CC(=O)NCCOCCOCCNC(=O)CN(C)C(=O)CCCCCN5\C(=C/C=C/C=C/C6=[N+](C)c7ccccc7C6(C)C)C(C)(C)c6ccccc65)(CC3)CC4)nc2n(CCC)c1=O. The van der Waals surface area contributed by atoms with Crippen molar-refractivity contribution >= 4 is 51.9 Å². The Bertz CT molecular complexity index is 3240. The van der Waals surface area contributed by atoms with Crippen molar-refractivity contribution in [1.29, 1.82) is 0 Å². The Labute approximate surface area is 496 Å². The molecule has 2 aromatic heterocycles. The number of hydrogen-bond acceptors (Lipinski definition) is 10. The molecule has 5 aliphatic rings. The number of rotatable bonds is 30. The number of aromatic amines is 1. The second-order valence-corrected chi connectivity index (χ2v) is 24.9. The molecule has 2 aliphatic heterocycles. The van der Waals surface area contributed by atoms with Crippen LogP contribution in [0.25, 0.3) is 11.2 Å². The molecule has 2 bridgehead atoms. The first-order chi connectivity index (χ1) is 40.3. The van der Waals surface area contributed by atoms with E-state index in [0.717, 1.165) is 83.0 Å². The Morgan fingerprint density at radius 2 is 1.30 bits per heavy atom. The topological polar surface area (TPSA) is 196 Å². The average Bonchev–Trinajstić information content (AvgIpc) is 2.53. The van der Waals surface area contributed by atoms with Gasteiger partial charge in [-0.1, -0.05) is 88.7 Å². The summed E-state index contributed by atoms with van der Waals surface area (Å²) in [5, 5.41) is 5.64. The molecule has 454 valence electrons. The first-order valence-electron chi connectivity index (χ1n) is 30.8. The van der Waals surface area contributed by atoms with Crippen molar-refractivity contribution in [2.24, 2.45) is 5.41 Å². The van der Waals surface area contributed by atoms with E-state index in [0.29, 0.717) is 69.8 Å². The molecule has 4 amide bonds. The summed E-state index contributed by atoms with van der Waals surface area (Å²) < 4.78 is 16.5. The molecular formula is C66H93N10O8+. The van der Waals surface area contributed by atoms with Gasteiger partial charge in [-0.3, -0.25) is 33.1 Å². The van der Waals surface area contributed by atoms with Gasteiger partial charge in [0.05, 0.1) is 44.9 Å². The lowest BCUT2D eigenvalue weighted by atomic mass is 9.52. The van der Waals surface area contributed by atoms with Gasteiger partial charge in [0.1, 0.15) is 18.4 Å². The molecule has 9 rings (SSSR count). The molecule has 3 aliphatic carbocycles. The highest BCUT2D eigenvalue weighted by atomic mass is 16.5. The van der Waals surface area contributed by atoms with Gasteiger partial charge in [0.15, 0.2) is 11.4 Å². The molecule has 3 fully saturated rings. The zero-order valence-corrected chi connectivity index (χ0v) is 51.6. The van der Waals surface area contributed by atoms with E-state index in [1.807, 2.05) is 13.8 Å². The lowest BCUT2D eigenvalue weighted by Crippen LogP contribution is -2.45. The standard InChI is InChI=1S/C66H92N10O8/c1-10-39-75-59-58(60(81)76(40-11-2)62(75)82)69-61(70-59)66-34-31-65(32-35-66,33-36-66)30-29-57(80)72(8)47-55(78)68-38-43-84-45-44-83-42-37-67-54(77)46-71(7)56(79)28-16-13-21-41-74-51-25-20-18-23-49(51)64(5,6)53(74)27-15-12-14-26-52-63(3,4)48-22-17-19-24-50(48)73(52)9/h12,14-15,17-20,22-27H,10-11,13,16,21,28-47H2,1-9H3,(H2-,67,68,69,70,77,78,81)/p+1. The minimum Gasteiger partial charge on any atom is -0.377 e. The summed E-state index contributed by atoms with van der Waals surface area (Å²) in [4.78, 5) is 92.0. The summed E-state index contributed by atoms with van der Waals surface area (Å²) in [6.07, 6.45) is 21.9. The zero-order valence-electron chi connectivity index (χ0n) is 51.6. The molecule has 18 nitrogen and oxygen atoms in total. The van der Waals surface area contributed by atoms with Crippen molar-refractivity contribution in [1.82, 2.24) is 39.5 Å². The van der Waals surface area contributed by atoms with Crippen molar-refractivity contribution in [3.63, 3.8) is 0 Å². The van der Waals surface area contributed by atoms with Gasteiger partial charge in [-0.2, -0.15) is 4.58 Å². The van der Waals surface area contributed by atoms with Crippen LogP contribution < -0.4 is 26.8 Å². The second-order valence-electron chi connectivity index (χ2n) is 24.9. The Balaban J connectivity index is 0.648. The summed E-state index contributed by atoms with van der Waals surface area (Å²) >= 11 is 0. The number of imidazole rings is 1. The van der Waals surface area contributed by atoms with Gasteiger partial charge in [-0.15, -0.1) is 0 Å². The fourth-order valence-corrected chi connectivity index (χ4v) is 13.3. The number of aromatic nitrogens is 4. The smallest absolute Gasteiger partial charge is 0.332 e. The maximum atomic E-state index is 13.4. The summed E-state index contributed by atoms with van der Waals surface area (Å²) in [5.74, 6) is 0.175. The van der Waals surface area contributed by atoms with E-state index in [1.165, 1.54) is 48.3 Å². The van der Waals surface area contributed by atoms with Crippen LogP contribution in [-0.4, -0.2) is 143 Å². The number of nitrogens with one attached hydrogen (secondary N) is 3. The van der Waals surface area contributed by atoms with Crippen molar-refractivity contribution in [2.75, 3.05) is 85.2 Å². The van der Waals surface area contributed by atoms with E-state index in [-0.39, 0.29) is 82.8 Å². The number of nitrogens with zero attached hydrogens (tertiary/aromatic N) is 7. The number of aryl methyl sites for hydroxylation is 1. The van der Waals surface area contributed by atoms with E-state index < -0.39 is 0 Å².